The summed E-state index contributed by atoms with van der Waals surface area (Å²) in [5, 5.41) is 8.84. The van der Waals surface area contributed by atoms with Gasteiger partial charge in [0.2, 0.25) is 0 Å². The molecule has 2 aromatic rings. The van der Waals surface area contributed by atoms with Gasteiger partial charge in [-0.25, -0.2) is 4.79 Å². The minimum Gasteiger partial charge on any atom is -0.478 e. The van der Waals surface area contributed by atoms with Crippen LogP contribution in [0.25, 0.3) is 0 Å². The Bertz CT molecular complexity index is 982. The number of fused-ring (bicyclic) bond motifs is 1. The number of carbonyl (C=O) groups is 1. The minimum atomic E-state index is -3.12. The van der Waals surface area contributed by atoms with Crippen molar-refractivity contribution < 1.29 is 23.7 Å². The predicted molar refractivity (Wildman–Crippen MR) is 138 cm³/mol. The Morgan fingerprint density at radius 2 is 1.97 bits per heavy atom. The number of nitrogens with zero attached hydrogens (tertiary/aromatic N) is 1. The fourth-order valence-electron chi connectivity index (χ4n) is 4.16. The molecule has 0 aliphatic carbocycles. The first-order chi connectivity index (χ1) is 15.2. The number of aliphatic carboxylic acids is 1. The highest BCUT2D eigenvalue weighted by Crippen LogP contribution is 2.61. The van der Waals surface area contributed by atoms with Crippen LogP contribution >= 0.6 is 33.2 Å². The number of hydrogen-bond donors (Lipinski definition) is 3. The van der Waals surface area contributed by atoms with E-state index in [1.807, 2.05) is 36.4 Å². The van der Waals surface area contributed by atoms with Crippen molar-refractivity contribution in [2.45, 2.75) is 44.4 Å². The second kappa shape index (κ2) is 10.5. The number of para-hydroxylation sites is 1. The van der Waals surface area contributed by atoms with Crippen LogP contribution in [0.5, 0.6) is 5.75 Å². The zero-order chi connectivity index (χ0) is 23.4. The van der Waals surface area contributed by atoms with E-state index in [2.05, 4.69) is 41.3 Å². The maximum Gasteiger partial charge on any atom is 0.331 e. The second-order valence-corrected chi connectivity index (χ2v) is 11.4. The molecule has 0 amide bonds. The van der Waals surface area contributed by atoms with Crippen LogP contribution in [0.4, 0.5) is 11.4 Å². The molecule has 0 aromatic heterocycles. The number of carboxylic acid groups (broad SMARTS) is 1. The minimum absolute atomic E-state index is 0.251. The van der Waals surface area contributed by atoms with E-state index >= 15 is 0 Å². The molecule has 1 aliphatic rings. The summed E-state index contributed by atoms with van der Waals surface area (Å²) < 4.78 is 29.1. The Balaban J connectivity index is 2.16. The molecule has 3 N–H and O–H groups in total. The monoisotopic (exact) mass is 571 g/mol. The van der Waals surface area contributed by atoms with Crippen molar-refractivity contribution in [1.29, 1.82) is 0 Å². The Hall–Kier alpha value is -1.75. The molecule has 2 aromatic carbocycles. The first-order valence-electron chi connectivity index (χ1n) is 10.7. The van der Waals surface area contributed by atoms with Gasteiger partial charge in [-0.3, -0.25) is 9.11 Å². The average Bonchev–Trinajstić information content (AvgIpc) is 2.85. The molecule has 0 radical (unpaired) electrons. The first-order valence-corrected chi connectivity index (χ1v) is 13.5. The lowest BCUT2D eigenvalue weighted by molar-refractivity contribution is -0.131. The van der Waals surface area contributed by atoms with Crippen LogP contribution in [-0.4, -0.2) is 32.5 Å². The summed E-state index contributed by atoms with van der Waals surface area (Å²) in [4.78, 5) is 13.4. The van der Waals surface area contributed by atoms with E-state index in [4.69, 9.17) is 9.84 Å². The third-order valence-corrected chi connectivity index (χ3v) is 8.83. The summed E-state index contributed by atoms with van der Waals surface area (Å²) in [5.41, 5.74) is 1.50. The molecule has 6 nitrogen and oxygen atoms in total. The van der Waals surface area contributed by atoms with Crippen LogP contribution in [0.3, 0.4) is 0 Å². The quantitative estimate of drug-likeness (QED) is 0.178. The number of halogens is 1. The van der Waals surface area contributed by atoms with Crippen LogP contribution in [0.15, 0.2) is 59.7 Å². The zero-order valence-electron chi connectivity index (χ0n) is 18.3. The number of hydrogen-bond acceptors (Lipinski definition) is 5. The highest BCUT2D eigenvalue weighted by molar-refractivity contribution is 14.1. The second-order valence-electron chi connectivity index (χ2n) is 8.20. The summed E-state index contributed by atoms with van der Waals surface area (Å²) in [6.45, 7) is 4.96. The predicted octanol–water partition coefficient (Wildman–Crippen LogP) is 7.12. The van der Waals surface area contributed by atoms with E-state index < -0.39 is 16.6 Å². The zero-order valence-corrected chi connectivity index (χ0v) is 21.3. The van der Waals surface area contributed by atoms with Crippen LogP contribution in [0.2, 0.25) is 0 Å². The van der Waals surface area contributed by atoms with Gasteiger partial charge < -0.3 is 14.7 Å². The number of ether oxygens (including phenoxy) is 1. The van der Waals surface area contributed by atoms with Crippen LogP contribution in [-0.2, 0) is 4.79 Å². The summed E-state index contributed by atoms with van der Waals surface area (Å²) in [7, 11) is -3.12. The SMILES string of the molecule is CCCCC1(CC)CN(c2ccccc2)c2cc(I)c(O/C=C/C(=O)O)cc2S(O)(O)C1. The summed E-state index contributed by atoms with van der Waals surface area (Å²) in [6.07, 6.45) is 5.82. The molecule has 1 heterocycles. The molecule has 0 saturated carbocycles. The van der Waals surface area contributed by atoms with Gasteiger partial charge in [0.15, 0.2) is 0 Å². The smallest absolute Gasteiger partial charge is 0.331 e. The molecule has 1 aliphatic heterocycles. The van der Waals surface area contributed by atoms with Gasteiger partial charge in [0.25, 0.3) is 0 Å². The highest BCUT2D eigenvalue weighted by Gasteiger charge is 2.41. The number of rotatable bonds is 8. The molecule has 0 spiro atoms. The molecule has 32 heavy (non-hydrogen) atoms. The molecule has 3 rings (SSSR count). The van der Waals surface area contributed by atoms with Gasteiger partial charge in [0.05, 0.1) is 26.5 Å². The van der Waals surface area contributed by atoms with Gasteiger partial charge in [-0.2, -0.15) is 10.6 Å². The average molecular weight is 571 g/mol. The number of carboxylic acids is 1. The molecule has 8 heteroatoms. The largest absolute Gasteiger partial charge is 0.478 e. The van der Waals surface area contributed by atoms with Gasteiger partial charge in [0, 0.05) is 29.5 Å². The molecule has 0 fully saturated rings. The van der Waals surface area contributed by atoms with Crippen molar-refractivity contribution in [2.75, 3.05) is 17.2 Å². The van der Waals surface area contributed by atoms with Crippen LogP contribution in [0, 0.1) is 8.99 Å². The number of benzene rings is 2. The van der Waals surface area contributed by atoms with Gasteiger partial charge in [0.1, 0.15) is 5.75 Å². The van der Waals surface area contributed by atoms with E-state index in [0.717, 1.165) is 53.0 Å². The van der Waals surface area contributed by atoms with Crippen molar-refractivity contribution in [3.8, 4) is 5.75 Å². The molecule has 174 valence electrons. The van der Waals surface area contributed by atoms with Crippen molar-refractivity contribution in [3.63, 3.8) is 0 Å². The van der Waals surface area contributed by atoms with E-state index in [1.165, 1.54) is 0 Å². The van der Waals surface area contributed by atoms with Crippen LogP contribution < -0.4 is 9.64 Å². The van der Waals surface area contributed by atoms with Crippen molar-refractivity contribution >= 4 is 50.5 Å². The van der Waals surface area contributed by atoms with Crippen molar-refractivity contribution in [3.05, 3.63) is 58.4 Å². The third kappa shape index (κ3) is 5.59. The fraction of sp³-hybridized carbons (Fsp3) is 0.375. The van der Waals surface area contributed by atoms with E-state index in [-0.39, 0.29) is 11.2 Å². The maximum atomic E-state index is 11.4. The Morgan fingerprint density at radius 3 is 2.59 bits per heavy atom. The highest BCUT2D eigenvalue weighted by atomic mass is 127. The van der Waals surface area contributed by atoms with Crippen LogP contribution in [0.1, 0.15) is 39.5 Å². The summed E-state index contributed by atoms with van der Waals surface area (Å²) in [6, 6.07) is 13.6. The molecule has 0 bridgehead atoms. The van der Waals surface area contributed by atoms with E-state index in [0.29, 0.717) is 17.2 Å². The summed E-state index contributed by atoms with van der Waals surface area (Å²) in [5.74, 6) is -0.428. The lowest BCUT2D eigenvalue weighted by Crippen LogP contribution is -2.37. The van der Waals surface area contributed by atoms with Gasteiger partial charge in [-0.15, -0.1) is 0 Å². The normalized spacial score (nSPS) is 21.1. The third-order valence-electron chi connectivity index (χ3n) is 5.94. The first kappa shape index (κ1) is 24.9. The lowest BCUT2D eigenvalue weighted by atomic mass is 9.81. The Kier molecular flexibility index (Phi) is 8.13. The van der Waals surface area contributed by atoms with E-state index in [1.54, 1.807) is 6.07 Å². The molecular weight excluding hydrogens is 541 g/mol. The maximum absolute atomic E-state index is 11.4. The van der Waals surface area contributed by atoms with Gasteiger partial charge in [-0.05, 0) is 53.6 Å². The van der Waals surface area contributed by atoms with Crippen molar-refractivity contribution in [2.24, 2.45) is 5.41 Å². The Morgan fingerprint density at radius 1 is 1.25 bits per heavy atom. The molecule has 1 unspecified atom stereocenters. The molecule has 1 atom stereocenters. The standard InChI is InChI=1S/C24H30INO5S/c1-3-5-12-24(4-2)16-26(18-9-7-6-8-10-18)20-14-19(25)21(31-13-11-23(27)28)15-22(20)32(29,30)17-24/h6-11,13-15,29-30H,3-5,12,16-17H2,1-2H3,(H,27,28)/b13-11+. The van der Waals surface area contributed by atoms with Crippen molar-refractivity contribution in [1.82, 2.24) is 0 Å². The topological polar surface area (TPSA) is 90.2 Å². The lowest BCUT2D eigenvalue weighted by Gasteiger charge is -2.41. The Labute approximate surface area is 204 Å². The summed E-state index contributed by atoms with van der Waals surface area (Å²) >= 11 is 2.13. The number of anilines is 2. The molecule has 0 saturated heterocycles. The molecular formula is C24H30INO5S. The fourth-order valence-corrected chi connectivity index (χ4v) is 6.98. The van der Waals surface area contributed by atoms with Gasteiger partial charge in [-0.1, -0.05) is 44.9 Å². The van der Waals surface area contributed by atoms with E-state index in [9.17, 15) is 13.9 Å². The number of unbranched alkanes of at least 4 members (excludes halogenated alkanes) is 1. The van der Waals surface area contributed by atoms with Gasteiger partial charge >= 0.3 is 5.97 Å².